The van der Waals surface area contributed by atoms with Crippen molar-refractivity contribution in [3.63, 3.8) is 0 Å². The van der Waals surface area contributed by atoms with Gasteiger partial charge in [-0.2, -0.15) is 4.98 Å². The average Bonchev–Trinajstić information content (AvgIpc) is 3.29. The van der Waals surface area contributed by atoms with E-state index in [1.54, 1.807) is 26.6 Å². The standard InChI is InChI=1S/C48H58BrF2N10O4P/c1-7-30-24-40(55-48-52-28-35(49)46(57-48)54-39-12-11-38-33(9-8-29(2)53-38)45(39)66(5,6)64)42(65-4)27-41(30)61-16-14-31(15-17-61)60-22-20-59(21-23-60)19-18-58(3)32-25-36(50)44(37(51)26-32)34-10-13-43(62)56-47(34)63/h8-9,11-12,24-28,31,34H,7,10,13-23H2,1-6H3,(H,56,62,63)(H2,52,54,55,57). The highest BCUT2D eigenvalue weighted by atomic mass is 79.9. The van der Waals surface area contributed by atoms with Gasteiger partial charge >= 0.3 is 0 Å². The number of fused-ring (bicyclic) bond motifs is 1. The molecule has 14 nitrogen and oxygen atoms in total. The Morgan fingerprint density at radius 2 is 1.67 bits per heavy atom. The molecule has 5 aromatic rings. The molecule has 0 saturated carbocycles. The van der Waals surface area contributed by atoms with Crippen LogP contribution in [0.25, 0.3) is 10.9 Å². The number of halogens is 3. The normalized spacial score (nSPS) is 17.8. The lowest BCUT2D eigenvalue weighted by atomic mass is 9.89. The average molecular weight is 988 g/mol. The molecule has 5 heterocycles. The number of piperidine rings is 2. The molecule has 0 aliphatic carbocycles. The zero-order valence-electron chi connectivity index (χ0n) is 38.4. The molecule has 3 aliphatic heterocycles. The second kappa shape index (κ2) is 19.9. The number of likely N-dealkylation sites (N-methyl/N-ethyl adjacent to an activating group) is 1. The molecular weight excluding hydrogens is 929 g/mol. The number of hydrogen-bond acceptors (Lipinski definition) is 13. The van der Waals surface area contributed by atoms with Crippen molar-refractivity contribution in [1.29, 1.82) is 0 Å². The van der Waals surface area contributed by atoms with Gasteiger partial charge in [0.2, 0.25) is 17.8 Å². The molecule has 18 heteroatoms. The molecule has 3 N–H and O–H groups in total. The Bertz CT molecular complexity index is 2670. The maximum atomic E-state index is 15.2. The van der Waals surface area contributed by atoms with Crippen molar-refractivity contribution < 1.29 is 27.7 Å². The van der Waals surface area contributed by atoms with Gasteiger partial charge in [0, 0.05) is 117 Å². The number of ether oxygens (including phenoxy) is 1. The number of aromatic nitrogens is 3. The van der Waals surface area contributed by atoms with E-state index in [0.717, 1.165) is 98.4 Å². The Kier molecular flexibility index (Phi) is 14.3. The van der Waals surface area contributed by atoms with Crippen LogP contribution in [0.15, 0.2) is 59.2 Å². The summed E-state index contributed by atoms with van der Waals surface area (Å²) in [6, 6.07) is 15.0. The van der Waals surface area contributed by atoms with Crippen LogP contribution in [0.4, 0.5) is 43.3 Å². The van der Waals surface area contributed by atoms with E-state index < -0.39 is 36.5 Å². The van der Waals surface area contributed by atoms with Gasteiger partial charge in [-0.25, -0.2) is 13.8 Å². The maximum Gasteiger partial charge on any atom is 0.234 e. The third-order valence-corrected chi connectivity index (χ3v) is 15.3. The van der Waals surface area contributed by atoms with Crippen LogP contribution in [0, 0.1) is 18.6 Å². The molecule has 350 valence electrons. The molecule has 66 heavy (non-hydrogen) atoms. The van der Waals surface area contributed by atoms with Gasteiger partial charge in [0.1, 0.15) is 30.3 Å². The monoisotopic (exact) mass is 986 g/mol. The number of anilines is 6. The molecule has 0 spiro atoms. The SMILES string of the molecule is CCc1cc(Nc2ncc(Br)c(Nc3ccc4nc(C)ccc4c3P(C)(C)=O)n2)c(OC)cc1N1CCC(N2CCN(CCN(C)c3cc(F)c(C4CCC(=O)NC4=O)c(F)c3)CC2)CC1. The van der Waals surface area contributed by atoms with Gasteiger partial charge in [-0.15, -0.1) is 0 Å². The van der Waals surface area contributed by atoms with Crippen molar-refractivity contribution in [2.24, 2.45) is 0 Å². The first kappa shape index (κ1) is 47.3. The summed E-state index contributed by atoms with van der Waals surface area (Å²) in [5, 5.41) is 10.6. The van der Waals surface area contributed by atoms with Crippen LogP contribution in [0.5, 0.6) is 5.75 Å². The number of carbonyl (C=O) groups excluding carboxylic acids is 2. The predicted octanol–water partition coefficient (Wildman–Crippen LogP) is 7.92. The van der Waals surface area contributed by atoms with Crippen LogP contribution < -0.4 is 35.8 Å². The molecule has 3 saturated heterocycles. The van der Waals surface area contributed by atoms with E-state index in [9.17, 15) is 14.2 Å². The Morgan fingerprint density at radius 3 is 2.33 bits per heavy atom. The number of rotatable bonds is 14. The van der Waals surface area contributed by atoms with Gasteiger partial charge in [0.25, 0.3) is 0 Å². The summed E-state index contributed by atoms with van der Waals surface area (Å²) in [7, 11) is 0.750. The van der Waals surface area contributed by atoms with Gasteiger partial charge in [-0.05, 0) is 104 Å². The number of amides is 2. The third kappa shape index (κ3) is 10.3. The molecule has 0 bridgehead atoms. The first-order valence-electron chi connectivity index (χ1n) is 22.6. The van der Waals surface area contributed by atoms with E-state index >= 15 is 8.78 Å². The minimum atomic E-state index is -2.74. The summed E-state index contributed by atoms with van der Waals surface area (Å²) in [4.78, 5) is 47.2. The Hall–Kier alpha value is -5.22. The summed E-state index contributed by atoms with van der Waals surface area (Å²) < 4.78 is 50.6. The molecule has 3 aliphatic rings. The number of methoxy groups -OCH3 is 1. The van der Waals surface area contributed by atoms with Crippen molar-refractivity contribution in [3.05, 3.63) is 87.7 Å². The maximum absolute atomic E-state index is 15.2. The Balaban J connectivity index is 0.859. The molecule has 1 atom stereocenters. The smallest absolute Gasteiger partial charge is 0.234 e. The fourth-order valence-corrected chi connectivity index (χ4v) is 11.3. The highest BCUT2D eigenvalue weighted by Gasteiger charge is 2.33. The van der Waals surface area contributed by atoms with Gasteiger partial charge in [-0.1, -0.05) is 13.0 Å². The lowest BCUT2D eigenvalue weighted by Gasteiger charge is -2.43. The van der Waals surface area contributed by atoms with Crippen LogP contribution in [0.3, 0.4) is 0 Å². The quantitative estimate of drug-likeness (QED) is 0.0732. The van der Waals surface area contributed by atoms with E-state index in [-0.39, 0.29) is 18.4 Å². The molecule has 8 rings (SSSR count). The molecule has 2 amide bonds. The number of carbonyl (C=O) groups is 2. The number of benzene rings is 3. The summed E-state index contributed by atoms with van der Waals surface area (Å²) in [5.74, 6) is -2.05. The van der Waals surface area contributed by atoms with E-state index in [1.807, 2.05) is 43.1 Å². The Morgan fingerprint density at radius 1 is 0.939 bits per heavy atom. The van der Waals surface area contributed by atoms with Crippen molar-refractivity contribution in [2.75, 3.05) is 100 Å². The number of pyridine rings is 1. The second-order valence-electron chi connectivity index (χ2n) is 17.9. The largest absolute Gasteiger partial charge is 0.494 e. The zero-order chi connectivity index (χ0) is 46.9. The minimum Gasteiger partial charge on any atom is -0.494 e. The number of piperazine rings is 1. The minimum absolute atomic E-state index is 0.0545. The fourth-order valence-electron chi connectivity index (χ4n) is 9.53. The number of aryl methyl sites for hydroxylation is 2. The van der Waals surface area contributed by atoms with Crippen molar-refractivity contribution >= 4 is 85.6 Å². The van der Waals surface area contributed by atoms with E-state index in [2.05, 4.69) is 75.6 Å². The summed E-state index contributed by atoms with van der Waals surface area (Å²) >= 11 is 3.61. The first-order valence-corrected chi connectivity index (χ1v) is 26.0. The number of hydrogen-bond donors (Lipinski definition) is 3. The van der Waals surface area contributed by atoms with Crippen molar-refractivity contribution in [3.8, 4) is 5.75 Å². The summed E-state index contributed by atoms with van der Waals surface area (Å²) in [6.07, 6.45) is 4.74. The lowest BCUT2D eigenvalue weighted by molar-refractivity contribution is -0.134. The van der Waals surface area contributed by atoms with Gasteiger partial charge < -0.3 is 29.7 Å². The third-order valence-electron chi connectivity index (χ3n) is 13.1. The van der Waals surface area contributed by atoms with Crippen molar-refractivity contribution in [1.82, 2.24) is 30.1 Å². The van der Waals surface area contributed by atoms with Crippen LogP contribution in [-0.4, -0.2) is 122 Å². The summed E-state index contributed by atoms with van der Waals surface area (Å²) in [5.41, 5.74) is 5.62. The van der Waals surface area contributed by atoms with Crippen LogP contribution in [0.1, 0.15) is 55.3 Å². The van der Waals surface area contributed by atoms with Crippen LogP contribution in [0.2, 0.25) is 0 Å². The molecule has 0 radical (unpaired) electrons. The number of nitrogens with one attached hydrogen (secondary N) is 3. The van der Waals surface area contributed by atoms with Gasteiger partial charge in [0.15, 0.2) is 0 Å². The van der Waals surface area contributed by atoms with E-state index in [4.69, 9.17) is 9.72 Å². The van der Waals surface area contributed by atoms with Gasteiger partial charge in [0.05, 0.1) is 34.4 Å². The topological polar surface area (TPSA) is 148 Å². The second-order valence-corrected chi connectivity index (χ2v) is 21.9. The van der Waals surface area contributed by atoms with Crippen LogP contribution in [-0.2, 0) is 20.6 Å². The number of nitrogens with zero attached hydrogens (tertiary/aromatic N) is 7. The predicted molar refractivity (Wildman–Crippen MR) is 262 cm³/mol. The molecule has 2 aromatic heterocycles. The first-order chi connectivity index (χ1) is 31.6. The molecule has 3 aromatic carbocycles. The molecule has 3 fully saturated rings. The van der Waals surface area contributed by atoms with Gasteiger partial charge in [-0.3, -0.25) is 29.7 Å². The fraction of sp³-hybridized carbons (Fsp3) is 0.438. The Labute approximate surface area is 393 Å². The summed E-state index contributed by atoms with van der Waals surface area (Å²) in [6.45, 7) is 14.6. The molecular formula is C48H58BrF2N10O4P. The highest BCUT2D eigenvalue weighted by Crippen LogP contribution is 2.42. The highest BCUT2D eigenvalue weighted by molar-refractivity contribution is 9.10. The lowest BCUT2D eigenvalue weighted by Crippen LogP contribution is -2.54. The molecule has 1 unspecified atom stereocenters. The zero-order valence-corrected chi connectivity index (χ0v) is 40.9. The van der Waals surface area contributed by atoms with Crippen LogP contribution >= 0.6 is 23.1 Å². The van der Waals surface area contributed by atoms with Crippen molar-refractivity contribution in [2.45, 2.75) is 57.9 Å². The van der Waals surface area contributed by atoms with E-state index in [0.29, 0.717) is 45.9 Å². The van der Waals surface area contributed by atoms with E-state index in [1.165, 1.54) is 17.7 Å². The number of imide groups is 1.